The third-order valence-electron chi connectivity index (χ3n) is 12.1. The van der Waals surface area contributed by atoms with Crippen molar-refractivity contribution in [1.29, 1.82) is 0 Å². The average molecular weight is 837 g/mol. The highest BCUT2D eigenvalue weighted by atomic mass is 16.7. The predicted molar refractivity (Wildman–Crippen MR) is 226 cm³/mol. The molecule has 0 radical (unpaired) electrons. The molecule has 15 nitrogen and oxygen atoms in total. The third-order valence-corrected chi connectivity index (χ3v) is 12.1. The number of para-hydroxylation sites is 1. The number of cyclic esters (lactones) is 1. The molecule has 15 heteroatoms. The largest absolute Gasteiger partial charge is 0.459 e. The molecule has 4 heterocycles. The number of carbonyl (C=O) groups is 3. The van der Waals surface area contributed by atoms with E-state index in [4.69, 9.17) is 28.5 Å². The highest BCUT2D eigenvalue weighted by Gasteiger charge is 2.51. The average Bonchev–Trinajstić information content (AvgIpc) is 3.22. The van der Waals surface area contributed by atoms with Crippen molar-refractivity contribution in [3.05, 3.63) is 48.2 Å². The van der Waals surface area contributed by atoms with E-state index in [1.54, 1.807) is 33.0 Å². The van der Waals surface area contributed by atoms with Crippen LogP contribution in [0.5, 0.6) is 0 Å². The summed E-state index contributed by atoms with van der Waals surface area (Å²) in [5, 5.41) is 29.3. The number of Topliss-reactive ketones (excluding diaryl/α,β-unsaturated/α-hetero) is 1. The number of hydrogen-bond donors (Lipinski definition) is 2. The predicted octanol–water partition coefficient (Wildman–Crippen LogP) is 4.94. The van der Waals surface area contributed by atoms with Gasteiger partial charge in [0.25, 0.3) is 0 Å². The summed E-state index contributed by atoms with van der Waals surface area (Å²) in [5.74, 6) is -4.54. The van der Waals surface area contributed by atoms with E-state index < -0.39 is 77.3 Å². The molecule has 0 spiro atoms. The van der Waals surface area contributed by atoms with Crippen molar-refractivity contribution in [3.8, 4) is 0 Å². The molecule has 3 aliphatic rings. The Morgan fingerprint density at radius 3 is 2.55 bits per heavy atom. The van der Waals surface area contributed by atoms with Gasteiger partial charge in [-0.3, -0.25) is 19.4 Å². The third kappa shape index (κ3) is 11.3. The fourth-order valence-corrected chi connectivity index (χ4v) is 8.56. The van der Waals surface area contributed by atoms with E-state index in [0.29, 0.717) is 17.8 Å². The van der Waals surface area contributed by atoms with E-state index in [9.17, 15) is 24.6 Å². The molecule has 5 rings (SSSR count). The summed E-state index contributed by atoms with van der Waals surface area (Å²) in [7, 11) is 3.73. The number of pyridine rings is 1. The molecule has 2 bridgehead atoms. The van der Waals surface area contributed by atoms with Gasteiger partial charge in [0.1, 0.15) is 36.0 Å². The number of aromatic nitrogens is 1. The van der Waals surface area contributed by atoms with Gasteiger partial charge < -0.3 is 43.6 Å². The van der Waals surface area contributed by atoms with Crippen LogP contribution in [0.2, 0.25) is 0 Å². The number of ketones is 1. The molecule has 1 aromatic heterocycles. The van der Waals surface area contributed by atoms with Crippen LogP contribution >= 0.6 is 0 Å². The zero-order valence-corrected chi connectivity index (χ0v) is 36.7. The SMILES string of the molecule is CC[C@H]1OC(=O)[C@H](C)C(=O)[C@H](C)[C@@H](O[C@@H]2O[C@H](C)C[C@H](N(C)C)[C@H]2O)[C@@]2(C)C[C@@H](C)C(=NC(C)=O)C[C@@H](OC/C(=N/OC/C=C/c3cnc4ccccc4c3)CO2)[C@]1(C)O. The lowest BCUT2D eigenvalue weighted by Gasteiger charge is -2.47. The Labute approximate surface area is 353 Å². The van der Waals surface area contributed by atoms with Crippen LogP contribution in [0, 0.1) is 17.8 Å². The van der Waals surface area contributed by atoms with Crippen molar-refractivity contribution in [2.24, 2.45) is 27.9 Å². The Kier molecular flexibility index (Phi) is 15.9. The smallest absolute Gasteiger partial charge is 0.316 e. The van der Waals surface area contributed by atoms with Crippen LogP contribution < -0.4 is 0 Å². The van der Waals surface area contributed by atoms with Gasteiger partial charge in [-0.1, -0.05) is 50.2 Å². The van der Waals surface area contributed by atoms with Gasteiger partial charge in [-0.05, 0) is 90.7 Å². The molecule has 3 saturated heterocycles. The topological polar surface area (TPSA) is 188 Å². The van der Waals surface area contributed by atoms with Crippen molar-refractivity contribution in [3.63, 3.8) is 0 Å². The Bertz CT molecular complexity index is 1920. The molecule has 2 N–H and O–H groups in total. The summed E-state index contributed by atoms with van der Waals surface area (Å²) >= 11 is 0. The lowest BCUT2D eigenvalue weighted by molar-refractivity contribution is -0.296. The molecule has 1 amide bonds. The molecule has 0 aliphatic carbocycles. The Morgan fingerprint density at radius 2 is 1.85 bits per heavy atom. The first-order valence-corrected chi connectivity index (χ1v) is 21.0. The number of esters is 1. The minimum Gasteiger partial charge on any atom is -0.459 e. The van der Waals surface area contributed by atoms with Crippen LogP contribution in [0.1, 0.15) is 86.6 Å². The number of ether oxygens (including phenoxy) is 5. The summed E-state index contributed by atoms with van der Waals surface area (Å²) in [6, 6.07) is 9.54. The maximum Gasteiger partial charge on any atom is 0.316 e. The summed E-state index contributed by atoms with van der Waals surface area (Å²) in [4.78, 5) is 57.6. The van der Waals surface area contributed by atoms with E-state index in [1.165, 1.54) is 20.8 Å². The van der Waals surface area contributed by atoms with Gasteiger partial charge in [0.05, 0.1) is 42.6 Å². The summed E-state index contributed by atoms with van der Waals surface area (Å²) in [5.41, 5.74) is -0.704. The van der Waals surface area contributed by atoms with Crippen LogP contribution in [-0.4, -0.2) is 137 Å². The number of rotatable bonds is 8. The zero-order valence-electron chi connectivity index (χ0n) is 36.7. The van der Waals surface area contributed by atoms with Crippen molar-refractivity contribution in [2.45, 2.75) is 135 Å². The fraction of sp³-hybridized carbons (Fsp3) is 0.644. The van der Waals surface area contributed by atoms with Gasteiger partial charge >= 0.3 is 5.97 Å². The lowest BCUT2D eigenvalue weighted by atomic mass is 9.76. The highest BCUT2D eigenvalue weighted by molar-refractivity contribution is 6.00. The van der Waals surface area contributed by atoms with Crippen LogP contribution in [-0.2, 0) is 42.9 Å². The first kappa shape index (κ1) is 47.1. The number of benzene rings is 1. The zero-order chi connectivity index (χ0) is 43.9. The van der Waals surface area contributed by atoms with Crippen molar-refractivity contribution in [1.82, 2.24) is 9.88 Å². The fourth-order valence-electron chi connectivity index (χ4n) is 8.56. The number of oxime groups is 1. The number of likely N-dealkylation sites (N-methyl/N-ethyl adjacent to an activating group) is 1. The maximum absolute atomic E-state index is 14.5. The minimum absolute atomic E-state index is 0.0173. The van der Waals surface area contributed by atoms with Gasteiger partial charge in [-0.25, -0.2) is 4.99 Å². The number of aliphatic imine (C=N–C) groups is 1. The number of fused-ring (bicyclic) bond motifs is 6. The van der Waals surface area contributed by atoms with E-state index in [1.807, 2.05) is 69.3 Å². The van der Waals surface area contributed by atoms with E-state index in [0.717, 1.165) is 16.5 Å². The van der Waals surface area contributed by atoms with Crippen molar-refractivity contribution < 1.29 is 53.1 Å². The quantitative estimate of drug-likeness (QED) is 0.158. The van der Waals surface area contributed by atoms with Crippen molar-refractivity contribution >= 4 is 46.1 Å². The molecule has 3 fully saturated rings. The highest BCUT2D eigenvalue weighted by Crippen LogP contribution is 2.39. The van der Waals surface area contributed by atoms with E-state index in [-0.39, 0.29) is 51.2 Å². The first-order chi connectivity index (χ1) is 28.3. The van der Waals surface area contributed by atoms with Gasteiger partial charge in [-0.15, -0.1) is 0 Å². The number of aliphatic hydroxyl groups is 2. The van der Waals surface area contributed by atoms with Gasteiger partial charge in [-0.2, -0.15) is 0 Å². The standard InChI is InChI=1S/C45H64N4O11/c1-11-37-45(8,54)38-21-35(47-30(6)50)26(2)22-44(7,56-25-33(24-55-38)48-57-18-14-15-31-20-32-16-12-13-17-34(32)46-23-31)41(28(4)39(51)29(5)42(53)59-37)60-43-40(52)36(49(9)10)19-27(3)58-43/h12-17,20,23,26-29,36-38,40-41,43,52,54H,11,18-19,21-22,24-25H2,1-10H3/b15-14+,47-35?,48-33-/t26-,27-,28+,29-,36+,37-,38-,40-,41-,43+,44-,45-/m1/s1. The number of hydrogen-bond acceptors (Lipinski definition) is 14. The van der Waals surface area contributed by atoms with Gasteiger partial charge in [0.2, 0.25) is 5.91 Å². The number of carbonyl (C=O) groups excluding carboxylic acids is 3. The second-order valence-electron chi connectivity index (χ2n) is 17.3. The van der Waals surface area contributed by atoms with Gasteiger partial charge in [0, 0.05) is 42.6 Å². The Hall–Kier alpha value is -3.96. The lowest BCUT2D eigenvalue weighted by Crippen LogP contribution is -2.59. The molecule has 60 heavy (non-hydrogen) atoms. The molecule has 12 atom stereocenters. The monoisotopic (exact) mass is 836 g/mol. The molecule has 1 aromatic carbocycles. The Morgan fingerprint density at radius 1 is 1.12 bits per heavy atom. The Balaban J connectivity index is 1.58. The summed E-state index contributed by atoms with van der Waals surface area (Å²) in [6.45, 7) is 13.0. The van der Waals surface area contributed by atoms with Crippen LogP contribution in [0.15, 0.2) is 52.8 Å². The minimum atomic E-state index is -1.82. The molecule has 0 saturated carbocycles. The van der Waals surface area contributed by atoms with Crippen molar-refractivity contribution in [2.75, 3.05) is 33.9 Å². The second kappa shape index (κ2) is 20.3. The number of aliphatic hydroxyl groups excluding tert-OH is 1. The second-order valence-corrected chi connectivity index (χ2v) is 17.3. The molecule has 0 unspecified atom stereocenters. The normalized spacial score (nSPS) is 36.5. The molecular formula is C45H64N4O11. The van der Waals surface area contributed by atoms with Gasteiger partial charge in [0.15, 0.2) is 12.1 Å². The number of amides is 1. The summed E-state index contributed by atoms with van der Waals surface area (Å²) in [6.07, 6.45) is 0.444. The first-order valence-electron chi connectivity index (χ1n) is 21.0. The molecule has 330 valence electrons. The van der Waals surface area contributed by atoms with E-state index >= 15 is 0 Å². The maximum atomic E-state index is 14.5. The molecular weight excluding hydrogens is 773 g/mol. The van der Waals surface area contributed by atoms with Crippen LogP contribution in [0.25, 0.3) is 17.0 Å². The molecule has 3 aliphatic heterocycles. The van der Waals surface area contributed by atoms with E-state index in [2.05, 4.69) is 15.1 Å². The van der Waals surface area contributed by atoms with Crippen LogP contribution in [0.3, 0.4) is 0 Å². The number of nitrogens with zero attached hydrogens (tertiary/aromatic N) is 4. The van der Waals surface area contributed by atoms with Crippen LogP contribution in [0.4, 0.5) is 0 Å². The molecule has 2 aromatic rings. The summed E-state index contributed by atoms with van der Waals surface area (Å²) < 4.78 is 32.2.